The molecule has 2 heterocycles. The van der Waals surface area contributed by atoms with Crippen molar-refractivity contribution in [3.8, 4) is 0 Å². The van der Waals surface area contributed by atoms with E-state index in [1.54, 1.807) is 24.2 Å². The van der Waals surface area contributed by atoms with E-state index < -0.39 is 11.9 Å². The lowest BCUT2D eigenvalue weighted by Gasteiger charge is -2.20. The molecular weight excluding hydrogens is 232 g/mol. The average molecular weight is 246 g/mol. The summed E-state index contributed by atoms with van der Waals surface area (Å²) in [5.41, 5.74) is 1.28. The van der Waals surface area contributed by atoms with Crippen molar-refractivity contribution < 1.29 is 9.90 Å². The van der Waals surface area contributed by atoms with Gasteiger partial charge >= 0.3 is 5.97 Å². The quantitative estimate of drug-likeness (QED) is 0.872. The summed E-state index contributed by atoms with van der Waals surface area (Å²) in [5.74, 6) is -0.576. The highest BCUT2D eigenvalue weighted by atomic mass is 16.4. The maximum Gasteiger partial charge on any atom is 0.308 e. The molecule has 0 radical (unpaired) electrons. The molecule has 6 nitrogen and oxygen atoms in total. The number of anilines is 1. The van der Waals surface area contributed by atoms with Crippen molar-refractivity contribution in [2.24, 2.45) is 5.92 Å². The van der Waals surface area contributed by atoms with E-state index in [1.165, 1.54) is 0 Å². The number of nitrogens with zero attached hydrogens (tertiary/aromatic N) is 4. The van der Waals surface area contributed by atoms with Gasteiger partial charge < -0.3 is 10.0 Å². The fourth-order valence-corrected chi connectivity index (χ4v) is 1.64. The minimum atomic E-state index is -0.817. The third kappa shape index (κ3) is 2.53. The van der Waals surface area contributed by atoms with E-state index in [-0.39, 0.29) is 0 Å². The number of hydrogen-bond donors (Lipinski definition) is 1. The first-order chi connectivity index (χ1) is 8.58. The summed E-state index contributed by atoms with van der Waals surface area (Å²) in [7, 11) is 1.81. The Bertz CT molecular complexity index is 573. The highest BCUT2D eigenvalue weighted by Crippen LogP contribution is 2.14. The molecule has 0 aliphatic carbocycles. The molecule has 0 aliphatic rings. The van der Waals surface area contributed by atoms with Gasteiger partial charge in [-0.25, -0.2) is 9.97 Å². The Hall–Kier alpha value is -2.24. The molecule has 6 heteroatoms. The number of aromatic nitrogens is 3. The minimum Gasteiger partial charge on any atom is -0.481 e. The lowest BCUT2D eigenvalue weighted by Crippen LogP contribution is -2.29. The molecule has 1 unspecified atom stereocenters. The second kappa shape index (κ2) is 4.95. The van der Waals surface area contributed by atoms with E-state index in [0.29, 0.717) is 18.0 Å². The first kappa shape index (κ1) is 12.2. The monoisotopic (exact) mass is 246 g/mol. The van der Waals surface area contributed by atoms with E-state index >= 15 is 0 Å². The fraction of sp³-hybridized carbons (Fsp3) is 0.333. The van der Waals surface area contributed by atoms with E-state index in [4.69, 9.17) is 5.11 Å². The van der Waals surface area contributed by atoms with Crippen LogP contribution in [0.3, 0.4) is 0 Å². The first-order valence-corrected chi connectivity index (χ1v) is 5.59. The number of fused-ring (bicyclic) bond motifs is 1. The molecule has 0 bridgehead atoms. The molecule has 0 fully saturated rings. The van der Waals surface area contributed by atoms with Gasteiger partial charge in [0.25, 0.3) is 0 Å². The topological polar surface area (TPSA) is 79.2 Å². The van der Waals surface area contributed by atoms with E-state index in [1.807, 2.05) is 19.2 Å². The average Bonchev–Trinajstić information content (AvgIpc) is 2.37. The number of carboxylic acids is 1. The lowest BCUT2D eigenvalue weighted by molar-refractivity contribution is -0.140. The van der Waals surface area contributed by atoms with Crippen LogP contribution in [0, 0.1) is 5.92 Å². The van der Waals surface area contributed by atoms with Crippen molar-refractivity contribution >= 4 is 23.0 Å². The molecular formula is C12H14N4O2. The summed E-state index contributed by atoms with van der Waals surface area (Å²) < 4.78 is 0. The molecule has 0 amide bonds. The second-order valence-electron chi connectivity index (χ2n) is 4.19. The van der Waals surface area contributed by atoms with Crippen LogP contribution in [0.4, 0.5) is 5.82 Å². The molecule has 0 aliphatic heterocycles. The molecule has 18 heavy (non-hydrogen) atoms. The van der Waals surface area contributed by atoms with Gasteiger partial charge in [0.2, 0.25) is 0 Å². The summed E-state index contributed by atoms with van der Waals surface area (Å²) in [5, 5.41) is 8.88. The summed E-state index contributed by atoms with van der Waals surface area (Å²) in [6.45, 7) is 2.06. The Balaban J connectivity index is 2.22. The van der Waals surface area contributed by atoms with Gasteiger partial charge in [0, 0.05) is 26.0 Å². The molecule has 2 rings (SSSR count). The van der Waals surface area contributed by atoms with Gasteiger partial charge in [-0.2, -0.15) is 0 Å². The van der Waals surface area contributed by atoms with Gasteiger partial charge in [0.05, 0.1) is 5.92 Å². The highest BCUT2D eigenvalue weighted by molar-refractivity contribution is 5.72. The van der Waals surface area contributed by atoms with Crippen molar-refractivity contribution in [3.63, 3.8) is 0 Å². The largest absolute Gasteiger partial charge is 0.481 e. The van der Waals surface area contributed by atoms with Gasteiger partial charge in [-0.05, 0) is 12.1 Å². The van der Waals surface area contributed by atoms with Gasteiger partial charge in [-0.3, -0.25) is 9.78 Å². The van der Waals surface area contributed by atoms with Crippen LogP contribution < -0.4 is 4.90 Å². The van der Waals surface area contributed by atoms with Crippen LogP contribution >= 0.6 is 0 Å². The third-order valence-electron chi connectivity index (χ3n) is 2.68. The van der Waals surface area contributed by atoms with Crippen molar-refractivity contribution in [1.29, 1.82) is 0 Å². The van der Waals surface area contributed by atoms with E-state index in [0.717, 1.165) is 5.52 Å². The van der Waals surface area contributed by atoms with Crippen LogP contribution in [-0.4, -0.2) is 39.6 Å². The Kier molecular flexibility index (Phi) is 3.36. The molecule has 0 saturated carbocycles. The van der Waals surface area contributed by atoms with Crippen LogP contribution in [0.5, 0.6) is 0 Å². The van der Waals surface area contributed by atoms with Crippen LogP contribution in [-0.2, 0) is 4.79 Å². The molecule has 0 saturated heterocycles. The Morgan fingerprint density at radius 2 is 2.11 bits per heavy atom. The van der Waals surface area contributed by atoms with Crippen molar-refractivity contribution in [1.82, 2.24) is 15.0 Å². The second-order valence-corrected chi connectivity index (χ2v) is 4.19. The maximum atomic E-state index is 10.8. The van der Waals surface area contributed by atoms with Crippen molar-refractivity contribution in [2.45, 2.75) is 6.92 Å². The SMILES string of the molecule is CC(CN(C)c1ccc2nccnc2n1)C(=O)O. The number of hydrogen-bond acceptors (Lipinski definition) is 5. The van der Waals surface area contributed by atoms with E-state index in [2.05, 4.69) is 15.0 Å². The fourth-order valence-electron chi connectivity index (χ4n) is 1.64. The minimum absolute atomic E-state index is 0.397. The van der Waals surface area contributed by atoms with Gasteiger partial charge in [-0.15, -0.1) is 0 Å². The van der Waals surface area contributed by atoms with Gasteiger partial charge in [-0.1, -0.05) is 6.92 Å². The predicted octanol–water partition coefficient (Wildman–Crippen LogP) is 1.18. The van der Waals surface area contributed by atoms with Crippen LogP contribution in [0.25, 0.3) is 11.2 Å². The zero-order valence-corrected chi connectivity index (χ0v) is 10.2. The number of carbonyl (C=O) groups is 1. The van der Waals surface area contributed by atoms with Gasteiger partial charge in [0.1, 0.15) is 11.3 Å². The highest BCUT2D eigenvalue weighted by Gasteiger charge is 2.14. The maximum absolute atomic E-state index is 10.8. The molecule has 1 N–H and O–H groups in total. The summed E-state index contributed by atoms with van der Waals surface area (Å²) >= 11 is 0. The summed E-state index contributed by atoms with van der Waals surface area (Å²) in [6.07, 6.45) is 3.19. The lowest BCUT2D eigenvalue weighted by atomic mass is 10.2. The third-order valence-corrected chi connectivity index (χ3v) is 2.68. The van der Waals surface area contributed by atoms with Crippen LogP contribution in [0.2, 0.25) is 0 Å². The zero-order valence-electron chi connectivity index (χ0n) is 10.2. The van der Waals surface area contributed by atoms with Crippen LogP contribution in [0.1, 0.15) is 6.92 Å². The van der Waals surface area contributed by atoms with E-state index in [9.17, 15) is 4.79 Å². The number of rotatable bonds is 4. The number of carboxylic acid groups (broad SMARTS) is 1. The Morgan fingerprint density at radius 3 is 2.83 bits per heavy atom. The molecule has 94 valence electrons. The molecule has 1 atom stereocenters. The molecule has 0 aromatic carbocycles. The number of pyridine rings is 1. The normalized spacial score (nSPS) is 12.3. The molecule has 2 aromatic heterocycles. The van der Waals surface area contributed by atoms with Crippen molar-refractivity contribution in [3.05, 3.63) is 24.5 Å². The molecule has 0 spiro atoms. The van der Waals surface area contributed by atoms with Crippen LogP contribution in [0.15, 0.2) is 24.5 Å². The number of aliphatic carboxylic acids is 1. The summed E-state index contributed by atoms with van der Waals surface area (Å²) in [4.78, 5) is 25.2. The Morgan fingerprint density at radius 1 is 1.39 bits per heavy atom. The van der Waals surface area contributed by atoms with Gasteiger partial charge in [0.15, 0.2) is 5.65 Å². The van der Waals surface area contributed by atoms with Crippen molar-refractivity contribution in [2.75, 3.05) is 18.5 Å². The smallest absolute Gasteiger partial charge is 0.308 e. The first-order valence-electron chi connectivity index (χ1n) is 5.59. The summed E-state index contributed by atoms with van der Waals surface area (Å²) in [6, 6.07) is 3.64. The standard InChI is InChI=1S/C12H14N4O2/c1-8(12(17)18)7-16(2)10-4-3-9-11(15-10)14-6-5-13-9/h3-6,8H,7H2,1-2H3,(H,17,18). The predicted molar refractivity (Wildman–Crippen MR) is 67.4 cm³/mol. The molecule has 2 aromatic rings. The zero-order chi connectivity index (χ0) is 13.1. The Labute approximate surface area is 104 Å².